The Balaban J connectivity index is 3.15. The average Bonchev–Trinajstić information content (AvgIpc) is 1.89. The SMILES string of the molecule is O=Cc1cccc[n+]1O. The second-order valence-corrected chi connectivity index (χ2v) is 1.59. The molecule has 0 aromatic carbocycles. The summed E-state index contributed by atoms with van der Waals surface area (Å²) < 4.78 is 0.771. The summed E-state index contributed by atoms with van der Waals surface area (Å²) in [5, 5.41) is 8.80. The predicted octanol–water partition coefficient (Wildman–Crippen LogP) is 0.0239. The van der Waals surface area contributed by atoms with Gasteiger partial charge >= 0.3 is 0 Å². The molecule has 0 bridgehead atoms. The van der Waals surface area contributed by atoms with Crippen LogP contribution in [0.4, 0.5) is 0 Å². The number of aldehydes is 1. The molecule has 1 N–H and O–H groups in total. The molecule has 0 aliphatic rings. The van der Waals surface area contributed by atoms with Gasteiger partial charge < -0.3 is 0 Å². The lowest BCUT2D eigenvalue weighted by Crippen LogP contribution is -2.33. The van der Waals surface area contributed by atoms with Crippen molar-refractivity contribution >= 4 is 6.29 Å². The van der Waals surface area contributed by atoms with E-state index in [1.54, 1.807) is 12.1 Å². The first kappa shape index (κ1) is 5.75. The van der Waals surface area contributed by atoms with Gasteiger partial charge in [0.25, 0.3) is 5.69 Å². The number of rotatable bonds is 1. The first-order valence-electron chi connectivity index (χ1n) is 2.49. The molecule has 0 amide bonds. The molecular formula is C6H6NO2+. The monoisotopic (exact) mass is 124 g/mol. The smallest absolute Gasteiger partial charge is 0.291 e. The molecule has 1 heterocycles. The van der Waals surface area contributed by atoms with Gasteiger partial charge in [0.15, 0.2) is 0 Å². The molecule has 0 atom stereocenters. The standard InChI is InChI=1S/C6H6NO2/c8-5-6-3-1-2-4-7(6)9/h1-5,9H/q+1. The molecule has 0 aliphatic heterocycles. The van der Waals surface area contributed by atoms with Gasteiger partial charge in [0.2, 0.25) is 12.5 Å². The van der Waals surface area contributed by atoms with E-state index in [1.807, 2.05) is 0 Å². The van der Waals surface area contributed by atoms with Crippen molar-refractivity contribution in [1.29, 1.82) is 0 Å². The lowest BCUT2D eigenvalue weighted by Gasteiger charge is -1.82. The van der Waals surface area contributed by atoms with Crippen LogP contribution >= 0.6 is 0 Å². The highest BCUT2D eigenvalue weighted by atomic mass is 16.5. The number of aromatic nitrogens is 1. The van der Waals surface area contributed by atoms with Crippen molar-refractivity contribution in [1.82, 2.24) is 0 Å². The molecule has 0 unspecified atom stereocenters. The summed E-state index contributed by atoms with van der Waals surface area (Å²) in [6.45, 7) is 0. The number of hydrogen-bond acceptors (Lipinski definition) is 2. The molecular weight excluding hydrogens is 118 g/mol. The minimum Gasteiger partial charge on any atom is -0.291 e. The molecule has 1 aromatic rings. The molecule has 0 saturated heterocycles. The molecule has 46 valence electrons. The van der Waals surface area contributed by atoms with Gasteiger partial charge in [-0.1, -0.05) is 0 Å². The van der Waals surface area contributed by atoms with Gasteiger partial charge in [-0.2, -0.15) is 0 Å². The molecule has 3 nitrogen and oxygen atoms in total. The molecule has 0 fully saturated rings. The summed E-state index contributed by atoms with van der Waals surface area (Å²) >= 11 is 0. The number of pyridine rings is 1. The van der Waals surface area contributed by atoms with Crippen LogP contribution < -0.4 is 4.73 Å². The lowest BCUT2D eigenvalue weighted by molar-refractivity contribution is -0.905. The number of hydrogen-bond donors (Lipinski definition) is 1. The van der Waals surface area contributed by atoms with Crippen LogP contribution in [0.1, 0.15) is 10.5 Å². The maximum Gasteiger partial charge on any atom is 0.296 e. The summed E-state index contributed by atoms with van der Waals surface area (Å²) in [5.74, 6) is 0. The van der Waals surface area contributed by atoms with Crippen LogP contribution in [0, 0.1) is 0 Å². The van der Waals surface area contributed by atoms with E-state index < -0.39 is 0 Å². The normalized spacial score (nSPS) is 8.89. The third-order valence-electron chi connectivity index (χ3n) is 0.991. The van der Waals surface area contributed by atoms with Crippen LogP contribution in [-0.2, 0) is 0 Å². The van der Waals surface area contributed by atoms with Crippen LogP contribution in [0.2, 0.25) is 0 Å². The Labute approximate surface area is 52.1 Å². The van der Waals surface area contributed by atoms with Crippen molar-refractivity contribution in [2.75, 3.05) is 0 Å². The van der Waals surface area contributed by atoms with Crippen LogP contribution in [0.25, 0.3) is 0 Å². The first-order valence-corrected chi connectivity index (χ1v) is 2.49. The van der Waals surface area contributed by atoms with Crippen molar-refractivity contribution in [2.45, 2.75) is 0 Å². The van der Waals surface area contributed by atoms with Gasteiger partial charge in [-0.25, -0.2) is 0 Å². The fraction of sp³-hybridized carbons (Fsp3) is 0. The van der Waals surface area contributed by atoms with E-state index in [0.717, 1.165) is 4.73 Å². The van der Waals surface area contributed by atoms with Crippen molar-refractivity contribution in [3.05, 3.63) is 30.1 Å². The molecule has 0 spiro atoms. The molecule has 3 heteroatoms. The van der Waals surface area contributed by atoms with Gasteiger partial charge in [0.05, 0.1) is 0 Å². The molecule has 1 rings (SSSR count). The van der Waals surface area contributed by atoms with Gasteiger partial charge in [0.1, 0.15) is 0 Å². The molecule has 0 aliphatic carbocycles. The van der Waals surface area contributed by atoms with Crippen molar-refractivity contribution in [2.24, 2.45) is 0 Å². The highest BCUT2D eigenvalue weighted by Gasteiger charge is 2.03. The summed E-state index contributed by atoms with van der Waals surface area (Å²) in [4.78, 5) is 10.0. The molecule has 0 saturated carbocycles. The fourth-order valence-corrected chi connectivity index (χ4v) is 0.541. The zero-order valence-electron chi connectivity index (χ0n) is 4.69. The Morgan fingerprint density at radius 3 is 2.78 bits per heavy atom. The summed E-state index contributed by atoms with van der Waals surface area (Å²) in [6.07, 6.45) is 1.98. The maximum atomic E-state index is 10.0. The van der Waals surface area contributed by atoms with Crippen molar-refractivity contribution in [3.63, 3.8) is 0 Å². The maximum absolute atomic E-state index is 10.0. The molecule has 1 aromatic heterocycles. The topological polar surface area (TPSA) is 41.2 Å². The average molecular weight is 124 g/mol. The van der Waals surface area contributed by atoms with Crippen LogP contribution in [0.5, 0.6) is 0 Å². The predicted molar refractivity (Wildman–Crippen MR) is 29.2 cm³/mol. The number of carbonyl (C=O) groups is 1. The van der Waals surface area contributed by atoms with E-state index in [4.69, 9.17) is 5.21 Å². The van der Waals surface area contributed by atoms with E-state index in [2.05, 4.69) is 0 Å². The summed E-state index contributed by atoms with van der Waals surface area (Å²) in [5.41, 5.74) is 0.248. The first-order chi connectivity index (χ1) is 4.34. The van der Waals surface area contributed by atoms with E-state index in [1.165, 1.54) is 12.3 Å². The Bertz CT molecular complexity index is 222. The van der Waals surface area contributed by atoms with E-state index in [-0.39, 0.29) is 5.69 Å². The summed E-state index contributed by atoms with van der Waals surface area (Å²) in [6, 6.07) is 4.83. The van der Waals surface area contributed by atoms with Crippen molar-refractivity contribution < 1.29 is 14.7 Å². The van der Waals surface area contributed by atoms with E-state index in [9.17, 15) is 4.79 Å². The Morgan fingerprint density at radius 2 is 2.33 bits per heavy atom. The quantitative estimate of drug-likeness (QED) is 0.326. The van der Waals surface area contributed by atoms with Crippen LogP contribution in [0.15, 0.2) is 24.4 Å². The van der Waals surface area contributed by atoms with Crippen LogP contribution in [-0.4, -0.2) is 11.5 Å². The van der Waals surface area contributed by atoms with Crippen LogP contribution in [0.3, 0.4) is 0 Å². The Morgan fingerprint density at radius 1 is 1.56 bits per heavy atom. The van der Waals surface area contributed by atoms with E-state index in [0.29, 0.717) is 6.29 Å². The van der Waals surface area contributed by atoms with Crippen molar-refractivity contribution in [3.8, 4) is 0 Å². The van der Waals surface area contributed by atoms with Gasteiger partial charge in [0, 0.05) is 16.9 Å². The second kappa shape index (κ2) is 2.26. The van der Waals surface area contributed by atoms with Gasteiger partial charge in [-0.3, -0.25) is 10.0 Å². The highest BCUT2D eigenvalue weighted by Crippen LogP contribution is 1.82. The second-order valence-electron chi connectivity index (χ2n) is 1.59. The minimum absolute atomic E-state index is 0.248. The molecule has 9 heavy (non-hydrogen) atoms. The van der Waals surface area contributed by atoms with E-state index >= 15 is 0 Å². The Kier molecular flexibility index (Phi) is 1.44. The number of nitrogens with zero attached hydrogens (tertiary/aromatic N) is 1. The van der Waals surface area contributed by atoms with Gasteiger partial charge in [-0.05, 0) is 6.07 Å². The number of carbonyl (C=O) groups excluding carboxylic acids is 1. The lowest BCUT2D eigenvalue weighted by atomic mass is 10.4. The molecule has 0 radical (unpaired) electrons. The van der Waals surface area contributed by atoms with Gasteiger partial charge in [-0.15, -0.1) is 0 Å². The zero-order chi connectivity index (χ0) is 6.69. The third-order valence-corrected chi connectivity index (χ3v) is 0.991. The minimum atomic E-state index is 0.248. The largest absolute Gasteiger partial charge is 0.296 e. The zero-order valence-corrected chi connectivity index (χ0v) is 4.69. The fourth-order valence-electron chi connectivity index (χ4n) is 0.541. The highest BCUT2D eigenvalue weighted by molar-refractivity contribution is 5.69. The summed E-state index contributed by atoms with van der Waals surface area (Å²) in [7, 11) is 0. The third kappa shape index (κ3) is 1.05. The Hall–Kier alpha value is -1.38.